The summed E-state index contributed by atoms with van der Waals surface area (Å²) in [7, 11) is 0. The van der Waals surface area contributed by atoms with Crippen LogP contribution in [0.1, 0.15) is 24.4 Å². The summed E-state index contributed by atoms with van der Waals surface area (Å²) in [5.41, 5.74) is 1.23. The van der Waals surface area contributed by atoms with Crippen molar-refractivity contribution >= 4 is 0 Å². The quantitative estimate of drug-likeness (QED) is 0.630. The van der Waals surface area contributed by atoms with Gasteiger partial charge < -0.3 is 0 Å². The lowest BCUT2D eigenvalue weighted by atomic mass is 10.1. The average Bonchev–Trinajstić information content (AvgIpc) is 2.53. The Kier molecular flexibility index (Phi) is 2.06. The molecule has 2 N–H and O–H groups in total. The fourth-order valence-electron chi connectivity index (χ4n) is 1.72. The first kappa shape index (κ1) is 7.71. The van der Waals surface area contributed by atoms with Crippen molar-refractivity contribution < 1.29 is 0 Å². The van der Waals surface area contributed by atoms with E-state index in [0.717, 1.165) is 13.0 Å². The van der Waals surface area contributed by atoms with E-state index in [1.165, 1.54) is 12.0 Å². The summed E-state index contributed by atoms with van der Waals surface area (Å²) >= 11 is 0. The van der Waals surface area contributed by atoms with E-state index in [9.17, 15) is 0 Å². The highest BCUT2D eigenvalue weighted by Gasteiger charge is 2.22. The normalized spacial score (nSPS) is 24.6. The minimum atomic E-state index is 0.388. The number of hydrazine groups is 1. The number of nitrogens with two attached hydrogens (primary N) is 1. The van der Waals surface area contributed by atoms with Crippen molar-refractivity contribution in [1.82, 2.24) is 9.99 Å². The Hall–Kier alpha value is -0.930. The summed E-state index contributed by atoms with van der Waals surface area (Å²) in [6, 6.07) is 4.43. The van der Waals surface area contributed by atoms with Crippen LogP contribution in [0.25, 0.3) is 0 Å². The molecule has 1 atom stereocenters. The van der Waals surface area contributed by atoms with Gasteiger partial charge in [0.05, 0.1) is 6.04 Å². The van der Waals surface area contributed by atoms with E-state index < -0.39 is 0 Å². The van der Waals surface area contributed by atoms with Crippen molar-refractivity contribution in [1.29, 1.82) is 0 Å². The van der Waals surface area contributed by atoms with Gasteiger partial charge in [-0.05, 0) is 24.5 Å². The van der Waals surface area contributed by atoms with Gasteiger partial charge in [-0.25, -0.2) is 5.01 Å². The minimum Gasteiger partial charge on any atom is -0.268 e. The van der Waals surface area contributed by atoms with Crippen LogP contribution in [0, 0.1) is 0 Å². The molecule has 3 nitrogen and oxygen atoms in total. The highest BCUT2D eigenvalue weighted by Crippen LogP contribution is 2.27. The summed E-state index contributed by atoms with van der Waals surface area (Å²) in [4.78, 5) is 4.08. The number of rotatable bonds is 1. The molecule has 0 bridgehead atoms. The van der Waals surface area contributed by atoms with Gasteiger partial charge in [0.25, 0.3) is 0 Å². The molecule has 1 aromatic heterocycles. The first-order valence-electron chi connectivity index (χ1n) is 4.29. The van der Waals surface area contributed by atoms with Gasteiger partial charge in [0.2, 0.25) is 0 Å². The van der Waals surface area contributed by atoms with Crippen LogP contribution >= 0.6 is 0 Å². The Balaban J connectivity index is 2.19. The van der Waals surface area contributed by atoms with E-state index in [0.29, 0.717) is 6.04 Å². The number of aromatic nitrogens is 1. The molecule has 1 saturated heterocycles. The third-order valence-corrected chi connectivity index (χ3v) is 2.36. The second-order valence-corrected chi connectivity index (χ2v) is 3.18. The molecule has 2 rings (SSSR count). The summed E-state index contributed by atoms with van der Waals surface area (Å²) in [5, 5.41) is 1.90. The predicted octanol–water partition coefficient (Wildman–Crippen LogP) is 1.09. The van der Waals surface area contributed by atoms with Crippen molar-refractivity contribution in [3.63, 3.8) is 0 Å². The van der Waals surface area contributed by atoms with E-state index in [1.54, 1.807) is 6.20 Å². The Labute approximate surface area is 72.2 Å². The maximum atomic E-state index is 5.82. The maximum absolute atomic E-state index is 5.82. The third-order valence-electron chi connectivity index (χ3n) is 2.36. The van der Waals surface area contributed by atoms with Gasteiger partial charge in [-0.3, -0.25) is 10.8 Å². The monoisotopic (exact) mass is 163 g/mol. The molecule has 0 radical (unpaired) electrons. The van der Waals surface area contributed by atoms with Crippen molar-refractivity contribution in [2.75, 3.05) is 6.54 Å². The first-order chi connectivity index (χ1) is 5.88. The van der Waals surface area contributed by atoms with Gasteiger partial charge in [0.1, 0.15) is 0 Å². The van der Waals surface area contributed by atoms with Crippen LogP contribution < -0.4 is 5.84 Å². The molecular formula is C9H13N3. The second kappa shape index (κ2) is 3.21. The van der Waals surface area contributed by atoms with E-state index in [-0.39, 0.29) is 0 Å². The van der Waals surface area contributed by atoms with Gasteiger partial charge in [-0.15, -0.1) is 0 Å². The van der Waals surface area contributed by atoms with Crippen LogP contribution in [0.2, 0.25) is 0 Å². The van der Waals surface area contributed by atoms with E-state index >= 15 is 0 Å². The zero-order chi connectivity index (χ0) is 8.39. The Bertz CT molecular complexity index is 247. The fraction of sp³-hybridized carbons (Fsp3) is 0.444. The average molecular weight is 163 g/mol. The molecule has 3 heteroatoms. The molecule has 12 heavy (non-hydrogen) atoms. The lowest BCUT2D eigenvalue weighted by Crippen LogP contribution is -2.30. The Morgan fingerprint density at radius 2 is 2.50 bits per heavy atom. The number of hydrogen-bond donors (Lipinski definition) is 1. The SMILES string of the molecule is NN1CCC[C@@H]1c1cccnc1. The smallest absolute Gasteiger partial charge is 0.0506 e. The molecule has 0 aromatic carbocycles. The first-order valence-corrected chi connectivity index (χ1v) is 4.29. The molecule has 1 aromatic rings. The molecule has 0 unspecified atom stereocenters. The molecule has 0 spiro atoms. The van der Waals surface area contributed by atoms with Crippen LogP contribution in [0.5, 0.6) is 0 Å². The van der Waals surface area contributed by atoms with Crippen molar-refractivity contribution in [3.05, 3.63) is 30.1 Å². The van der Waals surface area contributed by atoms with Crippen LogP contribution in [-0.4, -0.2) is 16.5 Å². The highest BCUT2D eigenvalue weighted by molar-refractivity contribution is 5.14. The Morgan fingerprint density at radius 3 is 3.08 bits per heavy atom. The van der Waals surface area contributed by atoms with E-state index in [4.69, 9.17) is 5.84 Å². The second-order valence-electron chi connectivity index (χ2n) is 3.18. The molecule has 0 aliphatic carbocycles. The molecule has 1 aliphatic heterocycles. The molecule has 0 saturated carbocycles. The maximum Gasteiger partial charge on any atom is 0.0506 e. The van der Waals surface area contributed by atoms with Gasteiger partial charge in [-0.2, -0.15) is 0 Å². The predicted molar refractivity (Wildman–Crippen MR) is 47.1 cm³/mol. The fourth-order valence-corrected chi connectivity index (χ4v) is 1.72. The van der Waals surface area contributed by atoms with Gasteiger partial charge in [-0.1, -0.05) is 6.07 Å². The molecule has 1 aliphatic rings. The van der Waals surface area contributed by atoms with Crippen molar-refractivity contribution in [3.8, 4) is 0 Å². The Morgan fingerprint density at radius 1 is 1.58 bits per heavy atom. The van der Waals surface area contributed by atoms with Crippen LogP contribution in [-0.2, 0) is 0 Å². The van der Waals surface area contributed by atoms with E-state index in [1.807, 2.05) is 17.3 Å². The largest absolute Gasteiger partial charge is 0.268 e. The number of nitrogens with zero attached hydrogens (tertiary/aromatic N) is 2. The lowest BCUT2D eigenvalue weighted by Gasteiger charge is -2.18. The van der Waals surface area contributed by atoms with Crippen LogP contribution in [0.4, 0.5) is 0 Å². The summed E-state index contributed by atoms with van der Waals surface area (Å²) < 4.78 is 0. The topological polar surface area (TPSA) is 42.1 Å². The van der Waals surface area contributed by atoms with Gasteiger partial charge in [0.15, 0.2) is 0 Å². The van der Waals surface area contributed by atoms with E-state index in [2.05, 4.69) is 11.1 Å². The molecule has 64 valence electrons. The molecule has 1 fully saturated rings. The van der Waals surface area contributed by atoms with Gasteiger partial charge >= 0.3 is 0 Å². The van der Waals surface area contributed by atoms with Crippen molar-refractivity contribution in [2.24, 2.45) is 5.84 Å². The highest BCUT2D eigenvalue weighted by atomic mass is 15.4. The summed E-state index contributed by atoms with van der Waals surface area (Å²) in [6.45, 7) is 1.000. The number of pyridine rings is 1. The zero-order valence-electron chi connectivity index (χ0n) is 6.98. The van der Waals surface area contributed by atoms with Crippen LogP contribution in [0.15, 0.2) is 24.5 Å². The third kappa shape index (κ3) is 1.33. The standard InChI is InChI=1S/C9H13N3/c10-12-6-2-4-9(12)8-3-1-5-11-7-8/h1,3,5,7,9H,2,4,6,10H2/t9-/m1/s1. The van der Waals surface area contributed by atoms with Crippen molar-refractivity contribution in [2.45, 2.75) is 18.9 Å². The molecule has 2 heterocycles. The molecule has 0 amide bonds. The van der Waals surface area contributed by atoms with Gasteiger partial charge in [0, 0.05) is 18.9 Å². The summed E-state index contributed by atoms with van der Waals surface area (Å²) in [6.07, 6.45) is 6.04. The van der Waals surface area contributed by atoms with Crippen LogP contribution in [0.3, 0.4) is 0 Å². The zero-order valence-corrected chi connectivity index (χ0v) is 6.98. The molecular weight excluding hydrogens is 150 g/mol. The number of hydrogen-bond acceptors (Lipinski definition) is 3. The lowest BCUT2D eigenvalue weighted by molar-refractivity contribution is 0.266. The summed E-state index contributed by atoms with van der Waals surface area (Å²) in [5.74, 6) is 5.82. The minimum absolute atomic E-state index is 0.388.